The Kier molecular flexibility index (Phi) is 3.91. The highest BCUT2D eigenvalue weighted by Gasteiger charge is 2.16. The van der Waals surface area contributed by atoms with Crippen LogP contribution < -0.4 is 10.5 Å². The Balaban J connectivity index is 2.28. The van der Waals surface area contributed by atoms with Crippen LogP contribution in [-0.2, 0) is 16.6 Å². The maximum absolute atomic E-state index is 11.2. The van der Waals surface area contributed by atoms with Gasteiger partial charge in [-0.3, -0.25) is 0 Å². The minimum Gasteiger partial charge on any atom is -0.478 e. The average Bonchev–Trinajstić information content (AvgIpc) is 2.80. The second-order valence-corrected chi connectivity index (χ2v) is 5.70. The number of primary sulfonamides is 1. The average molecular weight is 312 g/mol. The maximum Gasteiger partial charge on any atom is 0.337 e. The van der Waals surface area contributed by atoms with Crippen LogP contribution in [0.4, 0.5) is 5.69 Å². The molecule has 0 saturated heterocycles. The zero-order valence-electron chi connectivity index (χ0n) is 10.9. The number of nitrogens with two attached hydrogens (primary N) is 1. The largest absolute Gasteiger partial charge is 0.478 e. The topological polar surface area (TPSA) is 148 Å². The molecule has 4 N–H and O–H groups in total. The Hall–Kier alpha value is -2.46. The van der Waals surface area contributed by atoms with E-state index in [4.69, 9.17) is 14.8 Å². The third kappa shape index (κ3) is 3.55. The van der Waals surface area contributed by atoms with Gasteiger partial charge in [0.05, 0.1) is 17.0 Å². The van der Waals surface area contributed by atoms with Crippen molar-refractivity contribution < 1.29 is 22.8 Å². The highest BCUT2D eigenvalue weighted by molar-refractivity contribution is 7.89. The summed E-state index contributed by atoms with van der Waals surface area (Å²) in [5.74, 6) is -0.554. The number of carbonyl (C=O) groups is 1. The number of carboxylic acids is 1. The minimum atomic E-state index is -3.97. The highest BCUT2D eigenvalue weighted by atomic mass is 32.2. The van der Waals surface area contributed by atoms with Crippen molar-refractivity contribution in [3.8, 4) is 0 Å². The molecule has 0 aliphatic carbocycles. The van der Waals surface area contributed by atoms with Gasteiger partial charge in [0, 0.05) is 12.6 Å². The third-order valence-electron chi connectivity index (χ3n) is 2.56. The van der Waals surface area contributed by atoms with Crippen molar-refractivity contribution in [2.24, 2.45) is 5.14 Å². The van der Waals surface area contributed by atoms with E-state index in [1.165, 1.54) is 12.1 Å². The van der Waals surface area contributed by atoms with Gasteiger partial charge in [0.2, 0.25) is 15.9 Å². The van der Waals surface area contributed by atoms with Gasteiger partial charge in [-0.2, -0.15) is 4.98 Å². The summed E-state index contributed by atoms with van der Waals surface area (Å²) in [5.41, 5.74) is -0.000838. The Morgan fingerprint density at radius 3 is 2.71 bits per heavy atom. The fourth-order valence-electron chi connectivity index (χ4n) is 1.62. The third-order valence-corrected chi connectivity index (χ3v) is 3.47. The molecule has 112 valence electrons. The molecule has 0 atom stereocenters. The molecule has 9 nitrogen and oxygen atoms in total. The summed E-state index contributed by atoms with van der Waals surface area (Å²) in [4.78, 5) is 14.9. The first-order valence-corrected chi connectivity index (χ1v) is 7.25. The van der Waals surface area contributed by atoms with E-state index in [2.05, 4.69) is 15.5 Å². The predicted octanol–water partition coefficient (Wildman–Crippen LogP) is 0.336. The lowest BCUT2D eigenvalue weighted by molar-refractivity contribution is 0.0697. The number of benzene rings is 1. The number of hydrogen-bond donors (Lipinski definition) is 3. The van der Waals surface area contributed by atoms with Crippen LogP contribution in [0.15, 0.2) is 27.6 Å². The first-order chi connectivity index (χ1) is 9.77. The highest BCUT2D eigenvalue weighted by Crippen LogP contribution is 2.20. The quantitative estimate of drug-likeness (QED) is 0.715. The summed E-state index contributed by atoms with van der Waals surface area (Å²) >= 11 is 0. The molecule has 0 aliphatic rings. The van der Waals surface area contributed by atoms with E-state index in [1.807, 2.05) is 0 Å². The molecule has 1 aromatic heterocycles. The Morgan fingerprint density at radius 1 is 1.48 bits per heavy atom. The molecule has 2 rings (SSSR count). The molecule has 21 heavy (non-hydrogen) atoms. The molecule has 0 bridgehead atoms. The van der Waals surface area contributed by atoms with Crippen LogP contribution in [0.3, 0.4) is 0 Å². The molecule has 2 aromatic rings. The first-order valence-electron chi connectivity index (χ1n) is 5.70. The van der Waals surface area contributed by atoms with Crippen LogP contribution in [0.5, 0.6) is 0 Å². The molecule has 1 heterocycles. The lowest BCUT2D eigenvalue weighted by Crippen LogP contribution is -2.14. The Morgan fingerprint density at radius 2 is 2.19 bits per heavy atom. The van der Waals surface area contributed by atoms with Crippen LogP contribution in [-0.4, -0.2) is 29.6 Å². The number of anilines is 1. The summed E-state index contributed by atoms with van der Waals surface area (Å²) in [5, 5.41) is 20.6. The normalized spacial score (nSPS) is 11.3. The van der Waals surface area contributed by atoms with Crippen LogP contribution >= 0.6 is 0 Å². The van der Waals surface area contributed by atoms with Gasteiger partial charge >= 0.3 is 5.97 Å². The molecule has 0 unspecified atom stereocenters. The van der Waals surface area contributed by atoms with Gasteiger partial charge in [-0.1, -0.05) is 5.16 Å². The zero-order chi connectivity index (χ0) is 15.6. The number of aromatic nitrogens is 2. The van der Waals surface area contributed by atoms with Gasteiger partial charge in [-0.25, -0.2) is 18.4 Å². The van der Waals surface area contributed by atoms with Crippen molar-refractivity contribution in [1.29, 1.82) is 0 Å². The molecule has 0 aliphatic heterocycles. The number of nitrogens with one attached hydrogen (secondary N) is 1. The second-order valence-electron chi connectivity index (χ2n) is 4.14. The summed E-state index contributed by atoms with van der Waals surface area (Å²) < 4.78 is 27.2. The lowest BCUT2D eigenvalue weighted by atomic mass is 10.2. The molecule has 1 aromatic carbocycles. The van der Waals surface area contributed by atoms with Crippen molar-refractivity contribution in [2.45, 2.75) is 18.4 Å². The van der Waals surface area contributed by atoms with Gasteiger partial charge in [-0.05, 0) is 18.2 Å². The fraction of sp³-hybridized carbons (Fsp3) is 0.182. The van der Waals surface area contributed by atoms with E-state index in [0.717, 1.165) is 6.07 Å². The van der Waals surface area contributed by atoms with E-state index in [-0.39, 0.29) is 22.7 Å². The SMILES string of the molecule is Cc1nc(CNc2ccc(S(N)(=O)=O)cc2C(=O)O)no1. The number of nitrogens with zero attached hydrogens (tertiary/aromatic N) is 2. The summed E-state index contributed by atoms with van der Waals surface area (Å²) in [6.07, 6.45) is 0. The van der Waals surface area contributed by atoms with Crippen LogP contribution in [0, 0.1) is 6.92 Å². The molecule has 0 spiro atoms. The molecular formula is C11H12N4O5S. The van der Waals surface area contributed by atoms with Crippen molar-refractivity contribution >= 4 is 21.7 Å². The van der Waals surface area contributed by atoms with Crippen LogP contribution in [0.2, 0.25) is 0 Å². The molecule has 0 amide bonds. The van der Waals surface area contributed by atoms with Crippen LogP contribution in [0.25, 0.3) is 0 Å². The monoisotopic (exact) mass is 312 g/mol. The van der Waals surface area contributed by atoms with E-state index in [1.54, 1.807) is 6.92 Å². The molecule has 10 heteroatoms. The van der Waals surface area contributed by atoms with E-state index < -0.39 is 16.0 Å². The number of rotatable bonds is 5. The minimum absolute atomic E-state index is 0.131. The molecule has 0 fully saturated rings. The van der Waals surface area contributed by atoms with Gasteiger partial charge in [0.1, 0.15) is 0 Å². The van der Waals surface area contributed by atoms with Crippen molar-refractivity contribution in [2.75, 3.05) is 5.32 Å². The number of aryl methyl sites for hydroxylation is 1. The first kappa shape index (κ1) is 14.9. The molecular weight excluding hydrogens is 300 g/mol. The van der Waals surface area contributed by atoms with Gasteiger partial charge in [-0.15, -0.1) is 0 Å². The summed E-state index contributed by atoms with van der Waals surface area (Å²) in [7, 11) is -3.97. The zero-order valence-corrected chi connectivity index (χ0v) is 11.7. The van der Waals surface area contributed by atoms with Gasteiger partial charge < -0.3 is 14.9 Å². The smallest absolute Gasteiger partial charge is 0.337 e. The fourth-order valence-corrected chi connectivity index (χ4v) is 2.16. The van der Waals surface area contributed by atoms with E-state index in [0.29, 0.717) is 11.7 Å². The number of sulfonamides is 1. The second kappa shape index (κ2) is 5.50. The van der Waals surface area contributed by atoms with Gasteiger partial charge in [0.25, 0.3) is 0 Å². The Bertz CT molecular complexity index is 784. The van der Waals surface area contributed by atoms with Crippen LogP contribution in [0.1, 0.15) is 22.1 Å². The van der Waals surface area contributed by atoms with Crippen molar-refractivity contribution in [3.05, 3.63) is 35.5 Å². The summed E-state index contributed by atoms with van der Waals surface area (Å²) in [6.45, 7) is 1.76. The van der Waals surface area contributed by atoms with E-state index in [9.17, 15) is 13.2 Å². The molecule has 0 radical (unpaired) electrons. The van der Waals surface area contributed by atoms with Crippen molar-refractivity contribution in [1.82, 2.24) is 10.1 Å². The van der Waals surface area contributed by atoms with Crippen molar-refractivity contribution in [3.63, 3.8) is 0 Å². The standard InChI is InChI=1S/C11H12N4O5S/c1-6-14-10(15-20-6)5-13-9-3-2-7(21(12,18)19)4-8(9)11(16)17/h2-4,13H,5H2,1H3,(H,16,17)(H2,12,18,19). The van der Waals surface area contributed by atoms with E-state index >= 15 is 0 Å². The number of carboxylic acid groups (broad SMARTS) is 1. The van der Waals surface area contributed by atoms with Gasteiger partial charge in [0.15, 0.2) is 5.82 Å². The predicted molar refractivity (Wildman–Crippen MR) is 71.1 cm³/mol. The Labute approximate surface area is 119 Å². The molecule has 0 saturated carbocycles. The lowest BCUT2D eigenvalue weighted by Gasteiger charge is -2.09. The maximum atomic E-state index is 11.2. The number of aromatic carboxylic acids is 1. The summed E-state index contributed by atoms with van der Waals surface area (Å²) in [6, 6.07) is 3.52. The number of hydrogen-bond acceptors (Lipinski definition) is 7.